The van der Waals surface area contributed by atoms with E-state index in [4.69, 9.17) is 15.2 Å². The Morgan fingerprint density at radius 1 is 0.923 bits per heavy atom. The van der Waals surface area contributed by atoms with E-state index < -0.39 is 34.8 Å². The van der Waals surface area contributed by atoms with Crippen LogP contribution in [0.2, 0.25) is 0 Å². The minimum atomic E-state index is -2.17. The number of esters is 1. The van der Waals surface area contributed by atoms with Crippen molar-refractivity contribution in [3.63, 3.8) is 0 Å². The van der Waals surface area contributed by atoms with Crippen molar-refractivity contribution in [2.24, 2.45) is 5.73 Å². The van der Waals surface area contributed by atoms with Gasteiger partial charge in [-0.2, -0.15) is 0 Å². The Hall–Kier alpha value is -1.87. The van der Waals surface area contributed by atoms with Crippen LogP contribution in [0.25, 0.3) is 0 Å². The van der Waals surface area contributed by atoms with Gasteiger partial charge in [-0.1, -0.05) is 0 Å². The molecule has 150 valence electrons. The quantitative estimate of drug-likeness (QED) is 0.544. The van der Waals surface area contributed by atoms with E-state index in [1.807, 2.05) is 0 Å². The van der Waals surface area contributed by atoms with Gasteiger partial charge in [0.05, 0.1) is 0 Å². The van der Waals surface area contributed by atoms with Crippen molar-refractivity contribution in [1.82, 2.24) is 9.80 Å². The number of nitrogens with two attached hydrogens (primary N) is 1. The van der Waals surface area contributed by atoms with Gasteiger partial charge in [0.25, 0.3) is 0 Å². The standard InChI is InChI=1S/C17H31N3O6/c1-15(2,3)25-13(23)17(18,12(21)22)11-19-7-9-20(10-8-19)14(24)26-16(4,5)6/h7-11,18H2,1-6H3,(H,21,22)/t17-/m1/s1. The second-order valence-corrected chi connectivity index (χ2v) is 8.52. The number of carboxylic acid groups (broad SMARTS) is 1. The van der Waals surface area contributed by atoms with Crippen molar-refractivity contribution in [1.29, 1.82) is 0 Å². The Morgan fingerprint density at radius 2 is 1.38 bits per heavy atom. The molecule has 3 N–H and O–H groups in total. The van der Waals surface area contributed by atoms with Crippen LogP contribution in [0.5, 0.6) is 0 Å². The van der Waals surface area contributed by atoms with Gasteiger partial charge in [-0.05, 0) is 41.5 Å². The van der Waals surface area contributed by atoms with Crippen LogP contribution in [0.15, 0.2) is 0 Å². The molecular weight excluding hydrogens is 342 g/mol. The molecule has 26 heavy (non-hydrogen) atoms. The summed E-state index contributed by atoms with van der Waals surface area (Å²) in [6, 6.07) is 0. The lowest BCUT2D eigenvalue weighted by Gasteiger charge is -2.38. The fraction of sp³-hybridized carbons (Fsp3) is 0.824. The molecule has 1 heterocycles. The number of carbonyl (C=O) groups excluding carboxylic acids is 2. The molecule has 1 aliphatic heterocycles. The van der Waals surface area contributed by atoms with Gasteiger partial charge in [0.2, 0.25) is 5.54 Å². The van der Waals surface area contributed by atoms with Gasteiger partial charge >= 0.3 is 18.0 Å². The average molecular weight is 373 g/mol. The molecule has 1 fully saturated rings. The van der Waals surface area contributed by atoms with Crippen LogP contribution in [0.3, 0.4) is 0 Å². The molecule has 0 spiro atoms. The van der Waals surface area contributed by atoms with Crippen LogP contribution >= 0.6 is 0 Å². The lowest BCUT2D eigenvalue weighted by molar-refractivity contribution is -0.170. The number of aliphatic carboxylic acids is 1. The van der Waals surface area contributed by atoms with Crippen molar-refractivity contribution >= 4 is 18.0 Å². The van der Waals surface area contributed by atoms with Gasteiger partial charge in [0.1, 0.15) is 11.2 Å². The van der Waals surface area contributed by atoms with Gasteiger partial charge in [0, 0.05) is 32.7 Å². The van der Waals surface area contributed by atoms with E-state index in [1.54, 1.807) is 51.3 Å². The zero-order chi connectivity index (χ0) is 20.3. The van der Waals surface area contributed by atoms with E-state index in [9.17, 15) is 19.5 Å². The number of piperazine rings is 1. The number of nitrogens with zero attached hydrogens (tertiary/aromatic N) is 2. The number of hydrogen-bond acceptors (Lipinski definition) is 7. The zero-order valence-corrected chi connectivity index (χ0v) is 16.5. The number of carbonyl (C=O) groups is 3. The molecule has 1 amide bonds. The van der Waals surface area contributed by atoms with E-state index in [1.165, 1.54) is 0 Å². The maximum absolute atomic E-state index is 12.3. The molecule has 9 nitrogen and oxygen atoms in total. The summed E-state index contributed by atoms with van der Waals surface area (Å²) < 4.78 is 10.5. The lowest BCUT2D eigenvalue weighted by Crippen LogP contribution is -2.65. The summed E-state index contributed by atoms with van der Waals surface area (Å²) in [5, 5.41) is 9.46. The summed E-state index contributed by atoms with van der Waals surface area (Å²) in [5.74, 6) is -2.42. The SMILES string of the molecule is CC(C)(C)OC(=O)N1CCN(C[C@@](N)(C(=O)O)C(=O)OC(C)(C)C)CC1. The number of rotatable bonds is 4. The number of amides is 1. The van der Waals surface area contributed by atoms with Crippen molar-refractivity contribution in [2.75, 3.05) is 32.7 Å². The van der Waals surface area contributed by atoms with Crippen LogP contribution in [-0.4, -0.2) is 82.4 Å². The van der Waals surface area contributed by atoms with E-state index >= 15 is 0 Å². The summed E-state index contributed by atoms with van der Waals surface area (Å²) >= 11 is 0. The van der Waals surface area contributed by atoms with Crippen LogP contribution in [-0.2, 0) is 19.1 Å². The van der Waals surface area contributed by atoms with Gasteiger partial charge in [-0.3, -0.25) is 4.90 Å². The van der Waals surface area contributed by atoms with Crippen molar-refractivity contribution < 1.29 is 29.0 Å². The van der Waals surface area contributed by atoms with Crippen LogP contribution in [0.4, 0.5) is 4.79 Å². The Kier molecular flexibility index (Phi) is 6.64. The second kappa shape index (κ2) is 7.79. The molecule has 0 saturated carbocycles. The monoisotopic (exact) mass is 373 g/mol. The topological polar surface area (TPSA) is 122 Å². The highest BCUT2D eigenvalue weighted by atomic mass is 16.6. The first-order valence-corrected chi connectivity index (χ1v) is 8.60. The minimum absolute atomic E-state index is 0.195. The minimum Gasteiger partial charge on any atom is -0.479 e. The first-order valence-electron chi connectivity index (χ1n) is 8.60. The summed E-state index contributed by atoms with van der Waals surface area (Å²) in [7, 11) is 0. The summed E-state index contributed by atoms with van der Waals surface area (Å²) in [5.41, 5.74) is 2.29. The van der Waals surface area contributed by atoms with Gasteiger partial charge in [-0.25, -0.2) is 14.4 Å². The summed E-state index contributed by atoms with van der Waals surface area (Å²) in [4.78, 5) is 39.3. The predicted molar refractivity (Wildman–Crippen MR) is 94.6 cm³/mol. The molecule has 1 aliphatic rings. The first-order chi connectivity index (χ1) is 11.6. The fourth-order valence-corrected chi connectivity index (χ4v) is 2.36. The predicted octanol–water partition coefficient (Wildman–Crippen LogP) is 0.663. The maximum Gasteiger partial charge on any atom is 0.410 e. The van der Waals surface area contributed by atoms with Gasteiger partial charge < -0.3 is 25.2 Å². The number of carboxylic acids is 1. The van der Waals surface area contributed by atoms with E-state index in [0.717, 1.165) is 0 Å². The normalized spacial score (nSPS) is 18.8. The van der Waals surface area contributed by atoms with Crippen LogP contribution < -0.4 is 5.73 Å². The molecule has 0 aromatic heterocycles. The molecule has 1 saturated heterocycles. The molecule has 0 unspecified atom stereocenters. The third-order valence-corrected chi connectivity index (χ3v) is 3.64. The van der Waals surface area contributed by atoms with Crippen molar-refractivity contribution in [2.45, 2.75) is 58.3 Å². The summed E-state index contributed by atoms with van der Waals surface area (Å²) in [6.45, 7) is 11.6. The third-order valence-electron chi connectivity index (χ3n) is 3.64. The fourth-order valence-electron chi connectivity index (χ4n) is 2.36. The third kappa shape index (κ3) is 6.45. The highest BCUT2D eigenvalue weighted by Crippen LogP contribution is 2.17. The number of hydrogen-bond donors (Lipinski definition) is 2. The Bertz CT molecular complexity index is 544. The molecular formula is C17H31N3O6. The molecule has 9 heteroatoms. The zero-order valence-electron chi connectivity index (χ0n) is 16.5. The highest BCUT2D eigenvalue weighted by Gasteiger charge is 2.47. The van der Waals surface area contributed by atoms with E-state index in [2.05, 4.69) is 0 Å². The largest absolute Gasteiger partial charge is 0.479 e. The molecule has 1 rings (SSSR count). The maximum atomic E-state index is 12.3. The van der Waals surface area contributed by atoms with Crippen molar-refractivity contribution in [3.8, 4) is 0 Å². The van der Waals surface area contributed by atoms with Crippen LogP contribution in [0.1, 0.15) is 41.5 Å². The molecule has 0 bridgehead atoms. The molecule has 0 aromatic rings. The van der Waals surface area contributed by atoms with Gasteiger partial charge in [-0.15, -0.1) is 0 Å². The molecule has 1 atom stereocenters. The second-order valence-electron chi connectivity index (χ2n) is 8.52. The highest BCUT2D eigenvalue weighted by molar-refractivity contribution is 6.04. The smallest absolute Gasteiger partial charge is 0.410 e. The van der Waals surface area contributed by atoms with E-state index in [-0.39, 0.29) is 6.54 Å². The van der Waals surface area contributed by atoms with Gasteiger partial charge in [0.15, 0.2) is 0 Å². The Morgan fingerprint density at radius 3 is 1.77 bits per heavy atom. The van der Waals surface area contributed by atoms with Crippen LogP contribution in [0, 0.1) is 0 Å². The first kappa shape index (κ1) is 22.2. The Balaban J connectivity index is 2.69. The lowest BCUT2D eigenvalue weighted by atomic mass is 9.99. The van der Waals surface area contributed by atoms with E-state index in [0.29, 0.717) is 26.2 Å². The molecule has 0 radical (unpaired) electrons. The van der Waals surface area contributed by atoms with Crippen molar-refractivity contribution in [3.05, 3.63) is 0 Å². The molecule has 0 aromatic carbocycles. The molecule has 0 aliphatic carbocycles. The Labute approximate surface area is 154 Å². The summed E-state index contributed by atoms with van der Waals surface area (Å²) in [6.07, 6.45) is -0.415. The number of ether oxygens (including phenoxy) is 2. The average Bonchev–Trinajstić information content (AvgIpc) is 2.43.